The molecule has 0 saturated carbocycles. The standard InChI is InChI=1S/C20H19ClN6O/c1-3-18-24-14-6-4-5-7-15(14)27(18)19-11-17(22)25-20(26-19)23-12-8-9-16(28-2)13(21)10-12/h4-11H,3H2,1-2H3,(H3,22,23,25,26). The lowest BCUT2D eigenvalue weighted by Crippen LogP contribution is -2.08. The molecule has 142 valence electrons. The average molecular weight is 395 g/mol. The number of methoxy groups -OCH3 is 1. The van der Waals surface area contributed by atoms with Crippen molar-refractivity contribution in [1.82, 2.24) is 19.5 Å². The van der Waals surface area contributed by atoms with Gasteiger partial charge in [-0.15, -0.1) is 0 Å². The summed E-state index contributed by atoms with van der Waals surface area (Å²) >= 11 is 6.20. The highest BCUT2D eigenvalue weighted by Crippen LogP contribution is 2.29. The molecule has 2 aromatic carbocycles. The zero-order valence-electron chi connectivity index (χ0n) is 15.5. The van der Waals surface area contributed by atoms with Gasteiger partial charge in [0.1, 0.15) is 23.2 Å². The molecule has 0 fully saturated rings. The first-order valence-electron chi connectivity index (χ1n) is 8.81. The maximum atomic E-state index is 6.20. The zero-order valence-corrected chi connectivity index (χ0v) is 16.2. The first kappa shape index (κ1) is 18.1. The molecule has 0 spiro atoms. The van der Waals surface area contributed by atoms with Crippen molar-refractivity contribution in [3.63, 3.8) is 0 Å². The topological polar surface area (TPSA) is 90.9 Å². The fourth-order valence-electron chi connectivity index (χ4n) is 3.06. The number of hydrogen-bond donors (Lipinski definition) is 2. The van der Waals surface area contributed by atoms with Gasteiger partial charge in [-0.05, 0) is 30.3 Å². The summed E-state index contributed by atoms with van der Waals surface area (Å²) in [5.41, 5.74) is 8.67. The van der Waals surface area contributed by atoms with Crippen molar-refractivity contribution in [2.75, 3.05) is 18.2 Å². The molecule has 0 atom stereocenters. The molecule has 2 heterocycles. The quantitative estimate of drug-likeness (QED) is 0.522. The van der Waals surface area contributed by atoms with E-state index in [1.54, 1.807) is 25.3 Å². The number of fused-ring (bicyclic) bond motifs is 1. The SMILES string of the molecule is CCc1nc2ccccc2n1-c1cc(N)nc(Nc2ccc(OC)c(Cl)c2)n1. The maximum Gasteiger partial charge on any atom is 0.231 e. The largest absolute Gasteiger partial charge is 0.495 e. The Balaban J connectivity index is 1.77. The number of halogens is 1. The van der Waals surface area contributed by atoms with Crippen LogP contribution in [-0.4, -0.2) is 26.6 Å². The van der Waals surface area contributed by atoms with Crippen molar-refractivity contribution >= 4 is 40.1 Å². The summed E-state index contributed by atoms with van der Waals surface area (Å²) in [6.07, 6.45) is 0.759. The smallest absolute Gasteiger partial charge is 0.231 e. The Kier molecular flexibility index (Phi) is 4.75. The van der Waals surface area contributed by atoms with Crippen LogP contribution in [0.2, 0.25) is 5.02 Å². The summed E-state index contributed by atoms with van der Waals surface area (Å²) < 4.78 is 7.18. The van der Waals surface area contributed by atoms with Crippen LogP contribution in [0.15, 0.2) is 48.5 Å². The van der Waals surface area contributed by atoms with Crippen molar-refractivity contribution in [2.24, 2.45) is 0 Å². The number of nitrogens with two attached hydrogens (primary N) is 1. The Morgan fingerprint density at radius 2 is 1.93 bits per heavy atom. The number of ether oxygens (including phenoxy) is 1. The zero-order chi connectivity index (χ0) is 19.7. The van der Waals surface area contributed by atoms with Gasteiger partial charge in [-0.1, -0.05) is 30.7 Å². The lowest BCUT2D eigenvalue weighted by atomic mass is 10.3. The lowest BCUT2D eigenvalue weighted by molar-refractivity contribution is 0.415. The molecule has 0 radical (unpaired) electrons. The van der Waals surface area contributed by atoms with E-state index in [0.29, 0.717) is 28.4 Å². The van der Waals surface area contributed by atoms with E-state index >= 15 is 0 Å². The van der Waals surface area contributed by atoms with Crippen LogP contribution < -0.4 is 15.8 Å². The Labute approximate surface area is 167 Å². The minimum absolute atomic E-state index is 0.354. The van der Waals surface area contributed by atoms with Crippen LogP contribution in [0.1, 0.15) is 12.7 Å². The summed E-state index contributed by atoms with van der Waals surface area (Å²) in [7, 11) is 1.57. The van der Waals surface area contributed by atoms with Crippen LogP contribution >= 0.6 is 11.6 Å². The molecular weight excluding hydrogens is 376 g/mol. The van der Waals surface area contributed by atoms with Crippen molar-refractivity contribution in [3.05, 3.63) is 59.4 Å². The fraction of sp³-hybridized carbons (Fsp3) is 0.150. The number of benzene rings is 2. The van der Waals surface area contributed by atoms with Gasteiger partial charge in [0, 0.05) is 18.2 Å². The second-order valence-corrected chi connectivity index (χ2v) is 6.56. The summed E-state index contributed by atoms with van der Waals surface area (Å²) in [4.78, 5) is 13.6. The van der Waals surface area contributed by atoms with E-state index < -0.39 is 0 Å². The molecule has 3 N–H and O–H groups in total. The Bertz CT molecular complexity index is 1160. The third-order valence-electron chi connectivity index (χ3n) is 4.32. The minimum Gasteiger partial charge on any atom is -0.495 e. The molecule has 0 saturated heterocycles. The Hall–Kier alpha value is -3.32. The molecule has 0 aliphatic carbocycles. The number of aromatic nitrogens is 4. The lowest BCUT2D eigenvalue weighted by Gasteiger charge is -2.12. The van der Waals surface area contributed by atoms with Crippen molar-refractivity contribution in [2.45, 2.75) is 13.3 Å². The third-order valence-corrected chi connectivity index (χ3v) is 4.61. The van der Waals surface area contributed by atoms with Crippen molar-refractivity contribution in [1.29, 1.82) is 0 Å². The van der Waals surface area contributed by atoms with Crippen LogP contribution in [0.25, 0.3) is 16.9 Å². The maximum absolute atomic E-state index is 6.20. The van der Waals surface area contributed by atoms with Gasteiger partial charge in [-0.25, -0.2) is 4.98 Å². The van der Waals surface area contributed by atoms with Crippen LogP contribution in [0.4, 0.5) is 17.5 Å². The van der Waals surface area contributed by atoms with Gasteiger partial charge < -0.3 is 15.8 Å². The molecule has 28 heavy (non-hydrogen) atoms. The van der Waals surface area contributed by atoms with Gasteiger partial charge in [-0.3, -0.25) is 4.57 Å². The van der Waals surface area contributed by atoms with Crippen molar-refractivity contribution in [3.8, 4) is 11.6 Å². The molecule has 7 nitrogen and oxygen atoms in total. The van der Waals surface area contributed by atoms with Gasteiger partial charge in [0.25, 0.3) is 0 Å². The second kappa shape index (κ2) is 7.36. The Morgan fingerprint density at radius 3 is 2.68 bits per heavy atom. The number of anilines is 3. The van der Waals surface area contributed by atoms with Gasteiger partial charge in [0.15, 0.2) is 0 Å². The van der Waals surface area contributed by atoms with Crippen LogP contribution in [0, 0.1) is 0 Å². The monoisotopic (exact) mass is 394 g/mol. The molecule has 4 aromatic rings. The molecule has 8 heteroatoms. The first-order valence-corrected chi connectivity index (χ1v) is 9.18. The molecule has 2 aromatic heterocycles. The number of nitrogen functional groups attached to an aromatic ring is 1. The van der Waals surface area contributed by atoms with Gasteiger partial charge in [0.2, 0.25) is 5.95 Å². The molecule has 0 bridgehead atoms. The third kappa shape index (κ3) is 3.32. The van der Waals surface area contributed by atoms with Crippen LogP contribution in [0.5, 0.6) is 5.75 Å². The number of imidazole rings is 1. The normalized spacial score (nSPS) is 11.0. The van der Waals surface area contributed by atoms with Gasteiger partial charge in [0.05, 0.1) is 23.2 Å². The number of hydrogen-bond acceptors (Lipinski definition) is 6. The summed E-state index contributed by atoms with van der Waals surface area (Å²) in [5.74, 6) is 2.87. The number of nitrogens with zero attached hydrogens (tertiary/aromatic N) is 4. The fourth-order valence-corrected chi connectivity index (χ4v) is 3.32. The van der Waals surface area contributed by atoms with Crippen LogP contribution in [0.3, 0.4) is 0 Å². The number of nitrogens with one attached hydrogen (secondary N) is 1. The highest BCUT2D eigenvalue weighted by atomic mass is 35.5. The summed E-state index contributed by atoms with van der Waals surface area (Å²) in [6.45, 7) is 2.06. The average Bonchev–Trinajstić information content (AvgIpc) is 3.06. The van der Waals surface area contributed by atoms with E-state index in [9.17, 15) is 0 Å². The number of aryl methyl sites for hydroxylation is 1. The van der Waals surface area contributed by atoms with E-state index in [1.807, 2.05) is 34.9 Å². The predicted molar refractivity (Wildman–Crippen MR) is 112 cm³/mol. The van der Waals surface area contributed by atoms with Crippen LogP contribution in [-0.2, 0) is 6.42 Å². The second-order valence-electron chi connectivity index (χ2n) is 6.15. The van der Waals surface area contributed by atoms with E-state index in [-0.39, 0.29) is 0 Å². The molecular formula is C20H19ClN6O. The number of para-hydroxylation sites is 2. The van der Waals surface area contributed by atoms with E-state index in [4.69, 9.17) is 27.1 Å². The van der Waals surface area contributed by atoms with Gasteiger partial charge in [-0.2, -0.15) is 9.97 Å². The molecule has 0 unspecified atom stereocenters. The predicted octanol–water partition coefficient (Wildman–Crippen LogP) is 4.37. The molecule has 0 aliphatic heterocycles. The highest BCUT2D eigenvalue weighted by Gasteiger charge is 2.14. The molecule has 0 aliphatic rings. The van der Waals surface area contributed by atoms with Crippen molar-refractivity contribution < 1.29 is 4.74 Å². The number of rotatable bonds is 5. The summed E-state index contributed by atoms with van der Waals surface area (Å²) in [5, 5.41) is 3.64. The van der Waals surface area contributed by atoms with Gasteiger partial charge >= 0.3 is 0 Å². The molecule has 0 amide bonds. The molecule has 4 rings (SSSR count). The van der Waals surface area contributed by atoms with E-state index in [2.05, 4.69) is 22.2 Å². The van der Waals surface area contributed by atoms with E-state index in [0.717, 1.165) is 29.0 Å². The summed E-state index contributed by atoms with van der Waals surface area (Å²) in [6, 6.07) is 15.0. The highest BCUT2D eigenvalue weighted by molar-refractivity contribution is 6.32. The first-order chi connectivity index (χ1) is 13.6. The minimum atomic E-state index is 0.354. The Morgan fingerprint density at radius 1 is 1.11 bits per heavy atom. The van der Waals surface area contributed by atoms with E-state index in [1.165, 1.54) is 0 Å².